The molecule has 0 saturated heterocycles. The van der Waals surface area contributed by atoms with Crippen molar-refractivity contribution in [3.05, 3.63) is 75.6 Å². The zero-order valence-electron chi connectivity index (χ0n) is 16.4. The zero-order valence-corrected chi connectivity index (χ0v) is 17.2. The number of rotatable bonds is 8. The predicted molar refractivity (Wildman–Crippen MR) is 112 cm³/mol. The van der Waals surface area contributed by atoms with Gasteiger partial charge in [-0.3, -0.25) is 9.59 Å². The maximum Gasteiger partial charge on any atom is 0.254 e. The van der Waals surface area contributed by atoms with E-state index < -0.39 is 17.5 Å². The Morgan fingerprint density at radius 2 is 1.80 bits per heavy atom. The van der Waals surface area contributed by atoms with Crippen LogP contribution >= 0.6 is 11.3 Å². The smallest absolute Gasteiger partial charge is 0.254 e. The standard InChI is InChI=1S/C22H21F2N3O2S/c1-14-27-20(13-30-14)16-4-2-15(3-5-16)8-10-25-21(28)9-11-26-22(29)18-7-6-17(23)12-19(18)24/h2-7,12-13H,8-11H2,1H3,(H,25,28)(H,26,29). The number of hydrogen-bond donors (Lipinski definition) is 2. The highest BCUT2D eigenvalue weighted by Crippen LogP contribution is 2.21. The van der Waals surface area contributed by atoms with E-state index in [2.05, 4.69) is 15.6 Å². The maximum atomic E-state index is 13.6. The first kappa shape index (κ1) is 21.6. The van der Waals surface area contributed by atoms with Gasteiger partial charge in [0.2, 0.25) is 5.91 Å². The van der Waals surface area contributed by atoms with Crippen molar-refractivity contribution in [1.82, 2.24) is 15.6 Å². The number of nitrogens with one attached hydrogen (secondary N) is 2. The molecule has 0 aliphatic heterocycles. The lowest BCUT2D eigenvalue weighted by molar-refractivity contribution is -0.120. The minimum atomic E-state index is -0.937. The van der Waals surface area contributed by atoms with Crippen molar-refractivity contribution in [2.45, 2.75) is 19.8 Å². The molecule has 3 aromatic rings. The molecule has 3 rings (SSSR count). The molecule has 0 fully saturated rings. The lowest BCUT2D eigenvalue weighted by Crippen LogP contribution is -2.32. The molecule has 8 heteroatoms. The molecule has 5 nitrogen and oxygen atoms in total. The average Bonchev–Trinajstić information content (AvgIpc) is 3.14. The molecule has 2 aromatic carbocycles. The maximum absolute atomic E-state index is 13.6. The minimum absolute atomic E-state index is 0.0588. The van der Waals surface area contributed by atoms with Gasteiger partial charge in [-0.1, -0.05) is 24.3 Å². The molecule has 0 atom stereocenters. The first-order valence-corrected chi connectivity index (χ1v) is 10.3. The number of halogens is 2. The number of amides is 2. The first-order valence-electron chi connectivity index (χ1n) is 9.44. The summed E-state index contributed by atoms with van der Waals surface area (Å²) < 4.78 is 26.4. The van der Waals surface area contributed by atoms with Gasteiger partial charge < -0.3 is 10.6 Å². The number of nitrogens with zero attached hydrogens (tertiary/aromatic N) is 1. The van der Waals surface area contributed by atoms with Crippen LogP contribution in [0.3, 0.4) is 0 Å². The van der Waals surface area contributed by atoms with E-state index in [0.29, 0.717) is 19.0 Å². The van der Waals surface area contributed by atoms with E-state index in [-0.39, 0.29) is 24.4 Å². The largest absolute Gasteiger partial charge is 0.356 e. The van der Waals surface area contributed by atoms with E-state index in [4.69, 9.17) is 0 Å². The third-order valence-electron chi connectivity index (χ3n) is 4.42. The van der Waals surface area contributed by atoms with E-state index in [1.165, 1.54) is 0 Å². The second-order valence-electron chi connectivity index (χ2n) is 6.68. The van der Waals surface area contributed by atoms with Crippen LogP contribution < -0.4 is 10.6 Å². The van der Waals surface area contributed by atoms with Crippen LogP contribution in [0.1, 0.15) is 27.3 Å². The second kappa shape index (κ2) is 10.1. The SMILES string of the molecule is Cc1nc(-c2ccc(CCNC(=O)CCNC(=O)c3ccc(F)cc3F)cc2)cs1. The minimum Gasteiger partial charge on any atom is -0.356 e. The van der Waals surface area contributed by atoms with Crippen LogP contribution in [0.4, 0.5) is 8.78 Å². The van der Waals surface area contributed by atoms with Crippen molar-refractivity contribution in [2.24, 2.45) is 0 Å². The van der Waals surface area contributed by atoms with Crippen molar-refractivity contribution < 1.29 is 18.4 Å². The Hall–Kier alpha value is -3.13. The van der Waals surface area contributed by atoms with Gasteiger partial charge in [0.1, 0.15) is 11.6 Å². The van der Waals surface area contributed by atoms with Gasteiger partial charge in [-0.15, -0.1) is 11.3 Å². The summed E-state index contributed by atoms with van der Waals surface area (Å²) in [6.45, 7) is 2.50. The third kappa shape index (κ3) is 5.93. The lowest BCUT2D eigenvalue weighted by Gasteiger charge is -2.08. The Morgan fingerprint density at radius 1 is 1.03 bits per heavy atom. The van der Waals surface area contributed by atoms with Gasteiger partial charge >= 0.3 is 0 Å². The Balaban J connectivity index is 1.37. The number of benzene rings is 2. The van der Waals surface area contributed by atoms with Gasteiger partial charge in [-0.2, -0.15) is 0 Å². The van der Waals surface area contributed by atoms with Crippen molar-refractivity contribution >= 4 is 23.2 Å². The molecule has 30 heavy (non-hydrogen) atoms. The quantitative estimate of drug-likeness (QED) is 0.571. The Kier molecular flexibility index (Phi) is 7.24. The summed E-state index contributed by atoms with van der Waals surface area (Å²) in [4.78, 5) is 28.2. The zero-order chi connectivity index (χ0) is 21.5. The van der Waals surface area contributed by atoms with E-state index in [1.54, 1.807) is 11.3 Å². The van der Waals surface area contributed by atoms with Gasteiger partial charge in [0.25, 0.3) is 5.91 Å². The third-order valence-corrected chi connectivity index (χ3v) is 5.19. The number of thiazole rings is 1. The molecule has 0 spiro atoms. The lowest BCUT2D eigenvalue weighted by atomic mass is 10.1. The summed E-state index contributed by atoms with van der Waals surface area (Å²) in [7, 11) is 0. The topological polar surface area (TPSA) is 71.1 Å². The molecular formula is C22H21F2N3O2S. The number of hydrogen-bond acceptors (Lipinski definition) is 4. The number of aryl methyl sites for hydroxylation is 1. The highest BCUT2D eigenvalue weighted by Gasteiger charge is 2.12. The van der Waals surface area contributed by atoms with Gasteiger partial charge in [-0.05, 0) is 31.0 Å². The summed E-state index contributed by atoms with van der Waals surface area (Å²) in [5, 5.41) is 8.29. The summed E-state index contributed by atoms with van der Waals surface area (Å²) in [5.41, 5.74) is 2.85. The van der Waals surface area contributed by atoms with Crippen LogP contribution in [0.25, 0.3) is 11.3 Å². The van der Waals surface area contributed by atoms with Crippen molar-refractivity contribution in [3.8, 4) is 11.3 Å². The van der Waals surface area contributed by atoms with Crippen LogP contribution in [-0.2, 0) is 11.2 Å². The fraction of sp³-hybridized carbons (Fsp3) is 0.227. The number of aromatic nitrogens is 1. The first-order chi connectivity index (χ1) is 14.4. The summed E-state index contributed by atoms with van der Waals surface area (Å²) in [5.74, 6) is -2.59. The number of carbonyl (C=O) groups excluding carboxylic acids is 2. The molecule has 2 N–H and O–H groups in total. The Morgan fingerprint density at radius 3 is 2.47 bits per heavy atom. The number of carbonyl (C=O) groups is 2. The van der Waals surface area contributed by atoms with Gasteiger partial charge in [0, 0.05) is 36.5 Å². The van der Waals surface area contributed by atoms with E-state index in [1.807, 2.05) is 36.6 Å². The monoisotopic (exact) mass is 429 g/mol. The molecular weight excluding hydrogens is 408 g/mol. The molecule has 0 unspecified atom stereocenters. The molecule has 0 aliphatic carbocycles. The highest BCUT2D eigenvalue weighted by atomic mass is 32.1. The van der Waals surface area contributed by atoms with Crippen molar-refractivity contribution in [1.29, 1.82) is 0 Å². The highest BCUT2D eigenvalue weighted by molar-refractivity contribution is 7.09. The fourth-order valence-electron chi connectivity index (χ4n) is 2.83. The van der Waals surface area contributed by atoms with Gasteiger partial charge in [0.15, 0.2) is 0 Å². The van der Waals surface area contributed by atoms with Gasteiger partial charge in [0.05, 0.1) is 16.3 Å². The molecule has 2 amide bonds. The molecule has 156 valence electrons. The summed E-state index contributed by atoms with van der Waals surface area (Å²) >= 11 is 1.61. The summed E-state index contributed by atoms with van der Waals surface area (Å²) in [6, 6.07) is 10.8. The Bertz CT molecular complexity index is 1040. The average molecular weight is 429 g/mol. The summed E-state index contributed by atoms with van der Waals surface area (Å²) in [6.07, 6.45) is 0.742. The van der Waals surface area contributed by atoms with Crippen LogP contribution in [-0.4, -0.2) is 29.9 Å². The molecule has 0 saturated carbocycles. The molecule has 1 heterocycles. The fourth-order valence-corrected chi connectivity index (χ4v) is 3.45. The Labute approximate surface area is 177 Å². The van der Waals surface area contributed by atoms with Crippen LogP contribution in [0.15, 0.2) is 47.8 Å². The normalized spacial score (nSPS) is 10.6. The van der Waals surface area contributed by atoms with Crippen molar-refractivity contribution in [3.63, 3.8) is 0 Å². The molecule has 1 aromatic heterocycles. The molecule has 0 aliphatic rings. The van der Waals surface area contributed by atoms with Crippen LogP contribution in [0.2, 0.25) is 0 Å². The van der Waals surface area contributed by atoms with E-state index in [0.717, 1.165) is 34.0 Å². The van der Waals surface area contributed by atoms with E-state index in [9.17, 15) is 18.4 Å². The molecule has 0 bridgehead atoms. The van der Waals surface area contributed by atoms with Gasteiger partial charge in [-0.25, -0.2) is 13.8 Å². The van der Waals surface area contributed by atoms with Crippen molar-refractivity contribution in [2.75, 3.05) is 13.1 Å². The van der Waals surface area contributed by atoms with Crippen LogP contribution in [0, 0.1) is 18.6 Å². The van der Waals surface area contributed by atoms with E-state index >= 15 is 0 Å². The second-order valence-corrected chi connectivity index (χ2v) is 7.74. The predicted octanol–water partition coefficient (Wildman–Crippen LogP) is 3.88. The van der Waals surface area contributed by atoms with Crippen LogP contribution in [0.5, 0.6) is 0 Å². The molecule has 0 radical (unpaired) electrons.